The summed E-state index contributed by atoms with van der Waals surface area (Å²) in [5.41, 5.74) is 6.80. The minimum absolute atomic E-state index is 0.0990. The van der Waals surface area contributed by atoms with Crippen LogP contribution in [0.25, 0.3) is 0 Å². The van der Waals surface area contributed by atoms with Crippen molar-refractivity contribution in [3.05, 3.63) is 53.4 Å². The first-order valence-corrected chi connectivity index (χ1v) is 8.40. The lowest BCUT2D eigenvalue weighted by molar-refractivity contribution is 0.0910. The molecular weight excluding hydrogens is 304 g/mol. The maximum absolute atomic E-state index is 11.1. The Morgan fingerprint density at radius 3 is 2.58 bits per heavy atom. The highest BCUT2D eigenvalue weighted by atomic mass is 16.5. The van der Waals surface area contributed by atoms with Crippen LogP contribution in [0.1, 0.15) is 34.8 Å². The van der Waals surface area contributed by atoms with E-state index in [1.807, 2.05) is 0 Å². The molecule has 6 nitrogen and oxygen atoms in total. The molecule has 0 spiro atoms. The lowest BCUT2D eigenvalue weighted by Crippen LogP contribution is -2.47. The van der Waals surface area contributed by atoms with Gasteiger partial charge in [-0.3, -0.25) is 9.69 Å². The summed E-state index contributed by atoms with van der Waals surface area (Å²) in [5.74, 6) is 0.143. The fourth-order valence-corrected chi connectivity index (χ4v) is 3.09. The molecule has 1 aliphatic heterocycles. The quantitative estimate of drug-likeness (QED) is 0.873. The van der Waals surface area contributed by atoms with Crippen LogP contribution in [0.3, 0.4) is 0 Å². The number of hydrogen-bond donors (Lipinski definition) is 1. The highest BCUT2D eigenvalue weighted by molar-refractivity contribution is 5.90. The standard InChI is InChI=1S/C18H24N4O2/c1-14(17-13-16(18(19)23)20-24-17)22-11-9-21(10-12-22)8-7-15-5-3-2-4-6-15/h2-6,13-14H,7-12H2,1H3,(H2,19,23). The molecule has 0 aliphatic carbocycles. The Balaban J connectivity index is 1.48. The molecule has 6 heteroatoms. The van der Waals surface area contributed by atoms with Crippen molar-refractivity contribution >= 4 is 5.91 Å². The van der Waals surface area contributed by atoms with E-state index in [1.54, 1.807) is 6.07 Å². The second kappa shape index (κ2) is 7.59. The van der Waals surface area contributed by atoms with Crippen LogP contribution in [-0.2, 0) is 6.42 Å². The van der Waals surface area contributed by atoms with Gasteiger partial charge in [-0.15, -0.1) is 0 Å². The Kier molecular flexibility index (Phi) is 5.27. The van der Waals surface area contributed by atoms with Crippen molar-refractivity contribution in [2.24, 2.45) is 5.73 Å². The Labute approximate surface area is 142 Å². The largest absolute Gasteiger partial charge is 0.364 e. The Morgan fingerprint density at radius 2 is 1.96 bits per heavy atom. The highest BCUT2D eigenvalue weighted by Gasteiger charge is 2.25. The molecule has 1 atom stereocenters. The average molecular weight is 328 g/mol. The topological polar surface area (TPSA) is 75.6 Å². The minimum atomic E-state index is -0.553. The zero-order valence-electron chi connectivity index (χ0n) is 14.0. The number of benzene rings is 1. The number of piperazine rings is 1. The van der Waals surface area contributed by atoms with Gasteiger partial charge >= 0.3 is 0 Å². The van der Waals surface area contributed by atoms with Gasteiger partial charge in [0.25, 0.3) is 5.91 Å². The van der Waals surface area contributed by atoms with Gasteiger partial charge in [-0.25, -0.2) is 0 Å². The highest BCUT2D eigenvalue weighted by Crippen LogP contribution is 2.22. The maximum Gasteiger partial charge on any atom is 0.270 e. The molecule has 1 aliphatic rings. The van der Waals surface area contributed by atoms with Gasteiger partial charge in [-0.2, -0.15) is 0 Å². The monoisotopic (exact) mass is 328 g/mol. The Bertz CT molecular complexity index is 663. The fraction of sp³-hybridized carbons (Fsp3) is 0.444. The smallest absolute Gasteiger partial charge is 0.270 e. The van der Waals surface area contributed by atoms with Gasteiger partial charge in [0.1, 0.15) is 0 Å². The number of carbonyl (C=O) groups excluding carboxylic acids is 1. The van der Waals surface area contributed by atoms with E-state index in [9.17, 15) is 4.79 Å². The van der Waals surface area contributed by atoms with Crippen LogP contribution in [0.4, 0.5) is 0 Å². The van der Waals surface area contributed by atoms with E-state index >= 15 is 0 Å². The summed E-state index contributed by atoms with van der Waals surface area (Å²) in [4.78, 5) is 16.0. The van der Waals surface area contributed by atoms with Crippen molar-refractivity contribution in [3.63, 3.8) is 0 Å². The minimum Gasteiger partial charge on any atom is -0.364 e. The van der Waals surface area contributed by atoms with Crippen molar-refractivity contribution < 1.29 is 9.32 Å². The van der Waals surface area contributed by atoms with E-state index in [4.69, 9.17) is 10.3 Å². The molecule has 1 fully saturated rings. The lowest BCUT2D eigenvalue weighted by atomic mass is 10.1. The van der Waals surface area contributed by atoms with Crippen molar-refractivity contribution in [2.45, 2.75) is 19.4 Å². The van der Waals surface area contributed by atoms with Gasteiger partial charge < -0.3 is 15.2 Å². The van der Waals surface area contributed by atoms with Gasteiger partial charge in [0.2, 0.25) is 0 Å². The summed E-state index contributed by atoms with van der Waals surface area (Å²) in [7, 11) is 0. The molecule has 24 heavy (non-hydrogen) atoms. The number of amides is 1. The molecule has 1 aromatic heterocycles. The third-order valence-corrected chi connectivity index (χ3v) is 4.71. The van der Waals surface area contributed by atoms with Crippen LogP contribution in [-0.4, -0.2) is 53.6 Å². The fourth-order valence-electron chi connectivity index (χ4n) is 3.09. The molecule has 0 radical (unpaired) electrons. The average Bonchev–Trinajstić information content (AvgIpc) is 3.11. The molecule has 0 saturated carbocycles. The summed E-state index contributed by atoms with van der Waals surface area (Å²) in [5, 5.41) is 3.72. The van der Waals surface area contributed by atoms with Crippen LogP contribution in [0, 0.1) is 0 Å². The lowest BCUT2D eigenvalue weighted by Gasteiger charge is -2.37. The van der Waals surface area contributed by atoms with Crippen molar-refractivity contribution in [1.82, 2.24) is 15.0 Å². The predicted octanol–water partition coefficient (Wildman–Crippen LogP) is 1.69. The molecule has 128 valence electrons. The van der Waals surface area contributed by atoms with Gasteiger partial charge in [0.15, 0.2) is 11.5 Å². The number of rotatable bonds is 6. The molecule has 1 aromatic carbocycles. The van der Waals surface area contributed by atoms with Gasteiger partial charge in [0, 0.05) is 38.8 Å². The van der Waals surface area contributed by atoms with Crippen LogP contribution in [0.5, 0.6) is 0 Å². The number of nitrogens with two attached hydrogens (primary N) is 1. The van der Waals surface area contributed by atoms with Crippen LogP contribution >= 0.6 is 0 Å². The summed E-state index contributed by atoms with van der Waals surface area (Å²) in [6, 6.07) is 12.3. The van der Waals surface area contributed by atoms with E-state index in [2.05, 4.69) is 52.2 Å². The number of hydrogen-bond acceptors (Lipinski definition) is 5. The van der Waals surface area contributed by atoms with E-state index in [0.29, 0.717) is 5.76 Å². The molecule has 0 bridgehead atoms. The SMILES string of the molecule is CC(c1cc(C(N)=O)no1)N1CCN(CCc2ccccc2)CC1. The number of carbonyl (C=O) groups is 1. The molecule has 2 heterocycles. The molecule has 1 saturated heterocycles. The molecule has 2 N–H and O–H groups in total. The first kappa shape index (κ1) is 16.7. The second-order valence-electron chi connectivity index (χ2n) is 6.27. The van der Waals surface area contributed by atoms with Crippen LogP contribution in [0.2, 0.25) is 0 Å². The van der Waals surface area contributed by atoms with Crippen LogP contribution < -0.4 is 5.73 Å². The number of aromatic nitrogens is 1. The van der Waals surface area contributed by atoms with Crippen molar-refractivity contribution in [3.8, 4) is 0 Å². The van der Waals surface area contributed by atoms with Crippen molar-refractivity contribution in [1.29, 1.82) is 0 Å². The number of primary amides is 1. The maximum atomic E-state index is 11.1. The third kappa shape index (κ3) is 4.01. The van der Waals surface area contributed by atoms with Gasteiger partial charge in [0.05, 0.1) is 6.04 Å². The van der Waals surface area contributed by atoms with E-state index in [0.717, 1.165) is 39.1 Å². The van der Waals surface area contributed by atoms with Crippen molar-refractivity contribution in [2.75, 3.05) is 32.7 Å². The molecule has 2 aromatic rings. The summed E-state index contributed by atoms with van der Waals surface area (Å²) >= 11 is 0. The third-order valence-electron chi connectivity index (χ3n) is 4.71. The molecule has 3 rings (SSSR count). The first-order valence-electron chi connectivity index (χ1n) is 8.40. The van der Waals surface area contributed by atoms with E-state index in [1.165, 1.54) is 5.56 Å². The summed E-state index contributed by atoms with van der Waals surface area (Å²) in [6.45, 7) is 7.18. The zero-order valence-corrected chi connectivity index (χ0v) is 14.0. The van der Waals surface area contributed by atoms with E-state index in [-0.39, 0.29) is 11.7 Å². The molecule has 1 amide bonds. The second-order valence-corrected chi connectivity index (χ2v) is 6.27. The van der Waals surface area contributed by atoms with Gasteiger partial charge in [-0.1, -0.05) is 35.5 Å². The predicted molar refractivity (Wildman–Crippen MR) is 91.6 cm³/mol. The Morgan fingerprint density at radius 1 is 1.25 bits per heavy atom. The Hall–Kier alpha value is -2.18. The first-order chi connectivity index (χ1) is 11.6. The van der Waals surface area contributed by atoms with E-state index < -0.39 is 5.91 Å². The molecular formula is C18H24N4O2. The van der Waals surface area contributed by atoms with Gasteiger partial charge in [-0.05, 0) is 18.9 Å². The van der Waals surface area contributed by atoms with Crippen LogP contribution in [0.15, 0.2) is 40.9 Å². The summed E-state index contributed by atoms with van der Waals surface area (Å²) < 4.78 is 5.27. The zero-order chi connectivity index (χ0) is 16.9. The normalized spacial score (nSPS) is 17.7. The number of nitrogens with zero attached hydrogens (tertiary/aromatic N) is 3. The summed E-state index contributed by atoms with van der Waals surface area (Å²) in [6.07, 6.45) is 1.08. The molecule has 1 unspecified atom stereocenters.